The smallest absolute Gasteiger partial charge is 0.279 e. The summed E-state index contributed by atoms with van der Waals surface area (Å²) in [5.74, 6) is 0.00635. The van der Waals surface area contributed by atoms with E-state index in [4.69, 9.17) is 0 Å². The van der Waals surface area contributed by atoms with Crippen LogP contribution in [0, 0.1) is 13.8 Å². The van der Waals surface area contributed by atoms with Crippen LogP contribution < -0.4 is 10.6 Å². The second-order valence-corrected chi connectivity index (χ2v) is 6.66. The van der Waals surface area contributed by atoms with Gasteiger partial charge in [-0.25, -0.2) is 0 Å². The average Bonchev–Trinajstić information content (AvgIpc) is 2.63. The molecule has 0 saturated heterocycles. The summed E-state index contributed by atoms with van der Waals surface area (Å²) in [7, 11) is 0. The van der Waals surface area contributed by atoms with Crippen LogP contribution in [0.1, 0.15) is 28.3 Å². The van der Waals surface area contributed by atoms with Gasteiger partial charge in [0, 0.05) is 16.8 Å². The zero-order valence-electron chi connectivity index (χ0n) is 15.3. The molecule has 0 fully saturated rings. The molecule has 0 atom stereocenters. The highest BCUT2D eigenvalue weighted by Gasteiger charge is 2.18. The Morgan fingerprint density at radius 1 is 0.846 bits per heavy atom. The zero-order valence-corrected chi connectivity index (χ0v) is 15.3. The van der Waals surface area contributed by atoms with Crippen LogP contribution in [0.5, 0.6) is 0 Å². The quantitative estimate of drug-likeness (QED) is 0.704. The van der Waals surface area contributed by atoms with Gasteiger partial charge in [0.05, 0.1) is 0 Å². The number of carbonyl (C=O) groups excluding carboxylic acids is 1. The minimum Gasteiger partial charge on any atom is -0.328 e. The van der Waals surface area contributed by atoms with E-state index in [1.807, 2.05) is 62.4 Å². The van der Waals surface area contributed by atoms with Crippen molar-refractivity contribution in [2.45, 2.75) is 19.9 Å². The summed E-state index contributed by atoms with van der Waals surface area (Å²) >= 11 is 0. The first-order valence-electron chi connectivity index (χ1n) is 8.93. The third-order valence-corrected chi connectivity index (χ3v) is 4.36. The summed E-state index contributed by atoms with van der Waals surface area (Å²) < 4.78 is 0. The van der Waals surface area contributed by atoms with Gasteiger partial charge in [-0.2, -0.15) is 0 Å². The lowest BCUT2D eigenvalue weighted by Crippen LogP contribution is -2.87. The van der Waals surface area contributed by atoms with Gasteiger partial charge in [-0.3, -0.25) is 4.79 Å². The van der Waals surface area contributed by atoms with E-state index in [0.717, 1.165) is 16.8 Å². The van der Waals surface area contributed by atoms with E-state index >= 15 is 0 Å². The molecule has 26 heavy (non-hydrogen) atoms. The van der Waals surface area contributed by atoms with E-state index in [1.165, 1.54) is 11.1 Å². The fraction of sp³-hybridized carbons (Fsp3) is 0.174. The van der Waals surface area contributed by atoms with Crippen LogP contribution in [-0.2, 0) is 4.79 Å². The highest BCUT2D eigenvalue weighted by molar-refractivity contribution is 5.91. The Morgan fingerprint density at radius 3 is 1.85 bits per heavy atom. The number of hydrogen-bond acceptors (Lipinski definition) is 1. The molecule has 0 spiro atoms. The fourth-order valence-electron chi connectivity index (χ4n) is 3.27. The van der Waals surface area contributed by atoms with Gasteiger partial charge in [0.25, 0.3) is 5.91 Å². The molecule has 132 valence electrons. The third kappa shape index (κ3) is 4.80. The number of nitrogens with one attached hydrogen (secondary N) is 1. The van der Waals surface area contributed by atoms with E-state index in [2.05, 4.69) is 41.0 Å². The van der Waals surface area contributed by atoms with Crippen molar-refractivity contribution in [2.24, 2.45) is 0 Å². The lowest BCUT2D eigenvalue weighted by Gasteiger charge is -2.16. The van der Waals surface area contributed by atoms with Crippen molar-refractivity contribution < 1.29 is 10.1 Å². The first-order valence-corrected chi connectivity index (χ1v) is 8.93. The molecular weight excluding hydrogens is 320 g/mol. The topological polar surface area (TPSA) is 45.7 Å². The van der Waals surface area contributed by atoms with Gasteiger partial charge < -0.3 is 10.6 Å². The molecule has 3 nitrogen and oxygen atoms in total. The van der Waals surface area contributed by atoms with Crippen molar-refractivity contribution in [3.8, 4) is 0 Å². The molecule has 0 aliphatic rings. The molecule has 0 aliphatic heterocycles. The predicted octanol–water partition coefficient (Wildman–Crippen LogP) is 3.59. The van der Waals surface area contributed by atoms with Gasteiger partial charge in [0.1, 0.15) is 6.04 Å². The second-order valence-electron chi connectivity index (χ2n) is 6.66. The number of carbonyl (C=O) groups is 1. The van der Waals surface area contributed by atoms with Crippen LogP contribution in [0.4, 0.5) is 5.69 Å². The maximum Gasteiger partial charge on any atom is 0.279 e. The van der Waals surface area contributed by atoms with Gasteiger partial charge in [0.2, 0.25) is 0 Å². The van der Waals surface area contributed by atoms with Crippen LogP contribution in [-0.4, -0.2) is 12.5 Å². The van der Waals surface area contributed by atoms with Crippen molar-refractivity contribution in [3.63, 3.8) is 0 Å². The Bertz CT molecular complexity index is 800. The Labute approximate surface area is 155 Å². The SMILES string of the molecule is Cc1cc(C)cc(NC(=O)C[NH2+]C(c2ccccc2)c2ccccc2)c1. The number of hydrogen-bond donors (Lipinski definition) is 2. The molecule has 0 bridgehead atoms. The molecule has 3 heteroatoms. The molecule has 0 unspecified atom stereocenters. The van der Waals surface area contributed by atoms with Gasteiger partial charge >= 0.3 is 0 Å². The maximum absolute atomic E-state index is 12.5. The summed E-state index contributed by atoms with van der Waals surface area (Å²) in [5.41, 5.74) is 5.54. The summed E-state index contributed by atoms with van der Waals surface area (Å²) in [6, 6.07) is 26.8. The number of quaternary nitrogens is 1. The lowest BCUT2D eigenvalue weighted by atomic mass is 9.99. The number of benzene rings is 3. The standard InChI is InChI=1S/C23H24N2O/c1-17-13-18(2)15-21(14-17)25-22(26)16-24-23(19-9-5-3-6-10-19)20-11-7-4-8-12-20/h3-15,23-24H,16H2,1-2H3,(H,25,26)/p+1. The summed E-state index contributed by atoms with van der Waals surface area (Å²) in [6.07, 6.45) is 0. The normalized spacial score (nSPS) is 10.7. The maximum atomic E-state index is 12.5. The largest absolute Gasteiger partial charge is 0.328 e. The number of rotatable bonds is 6. The second kappa shape index (κ2) is 8.45. The summed E-state index contributed by atoms with van der Waals surface area (Å²) in [4.78, 5) is 12.5. The molecule has 0 heterocycles. The Kier molecular flexibility index (Phi) is 5.82. The van der Waals surface area contributed by atoms with Crippen molar-refractivity contribution in [1.82, 2.24) is 0 Å². The molecule has 1 amide bonds. The molecule has 0 aliphatic carbocycles. The van der Waals surface area contributed by atoms with Crippen molar-refractivity contribution in [3.05, 3.63) is 101 Å². The molecule has 3 N–H and O–H groups in total. The Morgan fingerprint density at radius 2 is 1.35 bits per heavy atom. The van der Waals surface area contributed by atoms with Gasteiger partial charge in [-0.15, -0.1) is 0 Å². The zero-order chi connectivity index (χ0) is 18.4. The lowest BCUT2D eigenvalue weighted by molar-refractivity contribution is -0.676. The monoisotopic (exact) mass is 345 g/mol. The number of anilines is 1. The molecule has 3 aromatic rings. The van der Waals surface area contributed by atoms with E-state index in [-0.39, 0.29) is 11.9 Å². The first kappa shape index (κ1) is 17.9. The fourth-order valence-corrected chi connectivity index (χ4v) is 3.27. The Balaban J connectivity index is 1.70. The number of nitrogens with two attached hydrogens (primary N) is 1. The highest BCUT2D eigenvalue weighted by Crippen LogP contribution is 2.18. The molecular formula is C23H25N2O+. The highest BCUT2D eigenvalue weighted by atomic mass is 16.1. The van der Waals surface area contributed by atoms with Crippen LogP contribution in [0.3, 0.4) is 0 Å². The molecule has 0 radical (unpaired) electrons. The molecule has 3 aromatic carbocycles. The van der Waals surface area contributed by atoms with Crippen molar-refractivity contribution in [1.29, 1.82) is 0 Å². The van der Waals surface area contributed by atoms with Crippen LogP contribution >= 0.6 is 0 Å². The van der Waals surface area contributed by atoms with E-state index in [1.54, 1.807) is 0 Å². The van der Waals surface area contributed by atoms with Gasteiger partial charge in [-0.1, -0.05) is 66.7 Å². The van der Waals surface area contributed by atoms with Crippen molar-refractivity contribution >= 4 is 11.6 Å². The van der Waals surface area contributed by atoms with Gasteiger partial charge in [0.15, 0.2) is 6.54 Å². The van der Waals surface area contributed by atoms with Crippen LogP contribution in [0.2, 0.25) is 0 Å². The Hall–Kier alpha value is -2.91. The molecule has 0 aromatic heterocycles. The minimum absolute atomic E-state index is 0.00635. The average molecular weight is 345 g/mol. The van der Waals surface area contributed by atoms with Crippen molar-refractivity contribution in [2.75, 3.05) is 11.9 Å². The van der Waals surface area contributed by atoms with Crippen LogP contribution in [0.15, 0.2) is 78.9 Å². The third-order valence-electron chi connectivity index (χ3n) is 4.36. The minimum atomic E-state index is 0.00635. The number of aryl methyl sites for hydroxylation is 2. The summed E-state index contributed by atoms with van der Waals surface area (Å²) in [6.45, 7) is 4.44. The summed E-state index contributed by atoms with van der Waals surface area (Å²) in [5, 5.41) is 5.10. The first-order chi connectivity index (χ1) is 12.6. The number of amides is 1. The molecule has 0 saturated carbocycles. The molecule has 3 rings (SSSR count). The van der Waals surface area contributed by atoms with E-state index in [9.17, 15) is 4.79 Å². The predicted molar refractivity (Wildman–Crippen MR) is 106 cm³/mol. The van der Waals surface area contributed by atoms with Gasteiger partial charge in [-0.05, 0) is 37.1 Å². The van der Waals surface area contributed by atoms with Crippen LogP contribution in [0.25, 0.3) is 0 Å². The van der Waals surface area contributed by atoms with E-state index in [0.29, 0.717) is 6.54 Å². The van der Waals surface area contributed by atoms with E-state index < -0.39 is 0 Å².